The minimum absolute atomic E-state index is 0.366. The summed E-state index contributed by atoms with van der Waals surface area (Å²) in [5.41, 5.74) is 2.50. The van der Waals surface area contributed by atoms with Crippen LogP contribution in [-0.2, 0) is 0 Å². The zero-order valence-electron chi connectivity index (χ0n) is 12.1. The molecule has 1 saturated heterocycles. The third-order valence-corrected chi connectivity index (χ3v) is 4.01. The Labute approximate surface area is 116 Å². The molecular weight excluding hydrogens is 238 g/mol. The van der Waals surface area contributed by atoms with Crippen LogP contribution in [0.5, 0.6) is 5.75 Å². The summed E-state index contributed by atoms with van der Waals surface area (Å²) in [6.07, 6.45) is 3.56. The third-order valence-electron chi connectivity index (χ3n) is 4.01. The smallest absolute Gasteiger partial charge is 0.137 e. The van der Waals surface area contributed by atoms with E-state index in [1.165, 1.54) is 48.4 Å². The SMILES string of the molecule is Cc1ccc(OC[C@@H](O)C[NH+]2CCCCC2)cc1C. The molecule has 0 spiro atoms. The molecule has 0 unspecified atom stereocenters. The number of rotatable bonds is 5. The van der Waals surface area contributed by atoms with E-state index in [-0.39, 0.29) is 6.10 Å². The largest absolute Gasteiger partial charge is 0.491 e. The highest BCUT2D eigenvalue weighted by molar-refractivity contribution is 5.33. The Morgan fingerprint density at radius 2 is 1.89 bits per heavy atom. The van der Waals surface area contributed by atoms with E-state index >= 15 is 0 Å². The fourth-order valence-corrected chi connectivity index (χ4v) is 2.64. The van der Waals surface area contributed by atoms with Gasteiger partial charge in [-0.1, -0.05) is 6.07 Å². The van der Waals surface area contributed by atoms with E-state index in [0.717, 1.165) is 12.3 Å². The van der Waals surface area contributed by atoms with E-state index in [1.54, 1.807) is 0 Å². The van der Waals surface area contributed by atoms with Crippen LogP contribution >= 0.6 is 0 Å². The fourth-order valence-electron chi connectivity index (χ4n) is 2.64. The van der Waals surface area contributed by atoms with Gasteiger partial charge in [-0.15, -0.1) is 0 Å². The van der Waals surface area contributed by atoms with Crippen molar-refractivity contribution in [2.45, 2.75) is 39.2 Å². The van der Waals surface area contributed by atoms with Crippen molar-refractivity contribution in [2.75, 3.05) is 26.2 Å². The number of benzene rings is 1. The van der Waals surface area contributed by atoms with Gasteiger partial charge in [0.15, 0.2) is 0 Å². The number of likely N-dealkylation sites (tertiary alicyclic amines) is 1. The molecule has 0 saturated carbocycles. The molecule has 1 atom stereocenters. The van der Waals surface area contributed by atoms with Gasteiger partial charge in [0.2, 0.25) is 0 Å². The molecule has 2 N–H and O–H groups in total. The number of aliphatic hydroxyl groups is 1. The Balaban J connectivity index is 1.75. The van der Waals surface area contributed by atoms with E-state index in [4.69, 9.17) is 4.74 Å². The normalized spacial score (nSPS) is 18.3. The number of aryl methyl sites for hydroxylation is 2. The molecule has 0 radical (unpaired) electrons. The molecule has 3 nitrogen and oxygen atoms in total. The van der Waals surface area contributed by atoms with Crippen LogP contribution in [0.15, 0.2) is 18.2 Å². The van der Waals surface area contributed by atoms with Gasteiger partial charge in [-0.2, -0.15) is 0 Å². The molecule has 0 amide bonds. The highest BCUT2D eigenvalue weighted by atomic mass is 16.5. The van der Waals surface area contributed by atoms with Crippen LogP contribution in [-0.4, -0.2) is 37.5 Å². The number of piperidine rings is 1. The molecule has 2 rings (SSSR count). The summed E-state index contributed by atoms with van der Waals surface area (Å²) >= 11 is 0. The average Bonchev–Trinajstić information content (AvgIpc) is 2.41. The van der Waals surface area contributed by atoms with Gasteiger partial charge in [0.1, 0.15) is 25.0 Å². The number of nitrogens with one attached hydrogen (secondary N) is 1. The quantitative estimate of drug-likeness (QED) is 0.835. The molecule has 1 aliphatic rings. The van der Waals surface area contributed by atoms with Crippen molar-refractivity contribution in [1.82, 2.24) is 0 Å². The number of hydrogen-bond acceptors (Lipinski definition) is 2. The Hall–Kier alpha value is -1.06. The van der Waals surface area contributed by atoms with Gasteiger partial charge in [0, 0.05) is 0 Å². The third kappa shape index (κ3) is 4.51. The van der Waals surface area contributed by atoms with Crippen molar-refractivity contribution < 1.29 is 14.7 Å². The first-order chi connectivity index (χ1) is 9.15. The first kappa shape index (κ1) is 14.4. The van der Waals surface area contributed by atoms with Crippen molar-refractivity contribution in [3.05, 3.63) is 29.3 Å². The summed E-state index contributed by atoms with van der Waals surface area (Å²) in [6.45, 7) is 7.77. The second-order valence-electron chi connectivity index (χ2n) is 5.73. The number of aliphatic hydroxyl groups excluding tert-OH is 1. The molecule has 3 heteroatoms. The van der Waals surface area contributed by atoms with E-state index in [2.05, 4.69) is 19.9 Å². The Morgan fingerprint density at radius 1 is 1.16 bits per heavy atom. The van der Waals surface area contributed by atoms with E-state index in [1.807, 2.05) is 12.1 Å². The molecule has 19 heavy (non-hydrogen) atoms. The van der Waals surface area contributed by atoms with E-state index < -0.39 is 0 Å². The molecule has 1 aromatic rings. The molecule has 1 fully saturated rings. The van der Waals surface area contributed by atoms with Crippen molar-refractivity contribution in [1.29, 1.82) is 0 Å². The van der Waals surface area contributed by atoms with Crippen LogP contribution in [0.1, 0.15) is 30.4 Å². The van der Waals surface area contributed by atoms with E-state index in [9.17, 15) is 5.11 Å². The lowest BCUT2D eigenvalue weighted by Crippen LogP contribution is -3.14. The van der Waals surface area contributed by atoms with Gasteiger partial charge >= 0.3 is 0 Å². The van der Waals surface area contributed by atoms with Crippen molar-refractivity contribution in [2.24, 2.45) is 0 Å². The lowest BCUT2D eigenvalue weighted by atomic mass is 10.1. The fraction of sp³-hybridized carbons (Fsp3) is 0.625. The summed E-state index contributed by atoms with van der Waals surface area (Å²) in [7, 11) is 0. The first-order valence-corrected chi connectivity index (χ1v) is 7.37. The minimum Gasteiger partial charge on any atom is -0.491 e. The number of hydrogen-bond donors (Lipinski definition) is 2. The maximum atomic E-state index is 10.0. The second-order valence-corrected chi connectivity index (χ2v) is 5.73. The molecule has 1 heterocycles. The maximum Gasteiger partial charge on any atom is 0.137 e. The Morgan fingerprint density at radius 3 is 2.58 bits per heavy atom. The van der Waals surface area contributed by atoms with Crippen LogP contribution < -0.4 is 9.64 Å². The minimum atomic E-state index is -0.366. The topological polar surface area (TPSA) is 33.9 Å². The summed E-state index contributed by atoms with van der Waals surface area (Å²) in [5.74, 6) is 0.857. The zero-order valence-corrected chi connectivity index (χ0v) is 12.1. The van der Waals surface area contributed by atoms with Crippen LogP contribution in [0, 0.1) is 13.8 Å². The van der Waals surface area contributed by atoms with Crippen LogP contribution in [0.4, 0.5) is 0 Å². The first-order valence-electron chi connectivity index (χ1n) is 7.37. The van der Waals surface area contributed by atoms with Gasteiger partial charge < -0.3 is 14.7 Å². The van der Waals surface area contributed by atoms with Gasteiger partial charge in [-0.05, 0) is 56.4 Å². The molecule has 106 valence electrons. The molecular formula is C16H26NO2+. The predicted molar refractivity (Wildman–Crippen MR) is 76.8 cm³/mol. The van der Waals surface area contributed by atoms with Gasteiger partial charge in [-0.3, -0.25) is 0 Å². The zero-order chi connectivity index (χ0) is 13.7. The number of ether oxygens (including phenoxy) is 1. The lowest BCUT2D eigenvalue weighted by Gasteiger charge is -2.25. The summed E-state index contributed by atoms with van der Waals surface area (Å²) in [4.78, 5) is 1.52. The van der Waals surface area contributed by atoms with Gasteiger partial charge in [0.05, 0.1) is 13.1 Å². The maximum absolute atomic E-state index is 10.0. The van der Waals surface area contributed by atoms with Crippen LogP contribution in [0.2, 0.25) is 0 Å². The lowest BCUT2D eigenvalue weighted by molar-refractivity contribution is -0.908. The van der Waals surface area contributed by atoms with Gasteiger partial charge in [-0.25, -0.2) is 0 Å². The Bertz CT molecular complexity index is 400. The summed E-state index contributed by atoms with van der Waals surface area (Å²) in [5, 5.41) is 10.0. The predicted octanol–water partition coefficient (Wildman–Crippen LogP) is 1.11. The summed E-state index contributed by atoms with van der Waals surface area (Å²) in [6, 6.07) is 6.07. The Kier molecular flexibility index (Phi) is 5.23. The van der Waals surface area contributed by atoms with Gasteiger partial charge in [0.25, 0.3) is 0 Å². The standard InChI is InChI=1S/C16H25NO2/c1-13-6-7-16(10-14(13)2)19-12-15(18)11-17-8-4-3-5-9-17/h6-7,10,15,18H,3-5,8-9,11-12H2,1-2H3/p+1/t15-/m0/s1. The molecule has 1 aliphatic heterocycles. The molecule has 1 aromatic carbocycles. The number of quaternary nitrogens is 1. The highest BCUT2D eigenvalue weighted by Crippen LogP contribution is 2.16. The van der Waals surface area contributed by atoms with E-state index in [0.29, 0.717) is 6.61 Å². The van der Waals surface area contributed by atoms with Crippen molar-refractivity contribution in [3.8, 4) is 5.75 Å². The monoisotopic (exact) mass is 264 g/mol. The summed E-state index contributed by atoms with van der Waals surface area (Å²) < 4.78 is 5.68. The van der Waals surface area contributed by atoms with Crippen molar-refractivity contribution in [3.63, 3.8) is 0 Å². The molecule has 0 bridgehead atoms. The van der Waals surface area contributed by atoms with Crippen LogP contribution in [0.25, 0.3) is 0 Å². The second kappa shape index (κ2) is 6.92. The average molecular weight is 264 g/mol. The molecule has 0 aliphatic carbocycles. The van der Waals surface area contributed by atoms with Crippen LogP contribution in [0.3, 0.4) is 0 Å². The molecule has 0 aromatic heterocycles. The van der Waals surface area contributed by atoms with Crippen molar-refractivity contribution >= 4 is 0 Å². The highest BCUT2D eigenvalue weighted by Gasteiger charge is 2.18.